The molecule has 0 saturated heterocycles. The number of methoxy groups -OCH3 is 1. The zero-order chi connectivity index (χ0) is 30.5. The molecular weight excluding hydrogens is 522 g/mol. The Morgan fingerprint density at radius 3 is 1.88 bits per heavy atom. The molecule has 1 unspecified atom stereocenters. The lowest BCUT2D eigenvalue weighted by Gasteiger charge is -2.36. The van der Waals surface area contributed by atoms with Gasteiger partial charge in [-0.3, -0.25) is 0 Å². The number of hydrogen-bond acceptors (Lipinski definition) is 2. The fourth-order valence-electron chi connectivity index (χ4n) is 5.81. The lowest BCUT2D eigenvalue weighted by atomic mass is 9.82. The normalized spacial score (nSPS) is 13.2. The highest BCUT2D eigenvalue weighted by Crippen LogP contribution is 2.35. The number of unbranched alkanes of at least 4 members (excludes halogenated alkanes) is 1. The predicted octanol–water partition coefficient (Wildman–Crippen LogP) is 11.3. The second kappa shape index (κ2) is 16.0. The Morgan fingerprint density at radius 1 is 0.721 bits per heavy atom. The molecule has 0 bridgehead atoms. The molecule has 0 aliphatic carbocycles. The van der Waals surface area contributed by atoms with Crippen LogP contribution >= 0.6 is 0 Å². The number of rotatable bonds is 15. The molecule has 43 heavy (non-hydrogen) atoms. The van der Waals surface area contributed by atoms with Crippen LogP contribution in [0.15, 0.2) is 109 Å². The maximum Gasteiger partial charge on any atom is 0.119 e. The van der Waals surface area contributed by atoms with Gasteiger partial charge in [-0.15, -0.1) is 0 Å². The van der Waals surface area contributed by atoms with Gasteiger partial charge in [0, 0.05) is 5.69 Å². The lowest BCUT2D eigenvalue weighted by molar-refractivity contribution is 0.414. The summed E-state index contributed by atoms with van der Waals surface area (Å²) in [6.45, 7) is 8.99. The maximum absolute atomic E-state index is 5.36. The molecule has 0 spiro atoms. The molecule has 4 rings (SSSR count). The summed E-state index contributed by atoms with van der Waals surface area (Å²) >= 11 is 0. The summed E-state index contributed by atoms with van der Waals surface area (Å²) in [6, 6.07) is 35.5. The van der Waals surface area contributed by atoms with Gasteiger partial charge < -0.3 is 10.1 Å². The summed E-state index contributed by atoms with van der Waals surface area (Å²) in [5.74, 6) is 0.874. The minimum absolute atomic E-state index is 0.118. The molecule has 0 aliphatic rings. The first-order valence-electron chi connectivity index (χ1n) is 16.1. The van der Waals surface area contributed by atoms with Gasteiger partial charge in [-0.2, -0.15) is 0 Å². The van der Waals surface area contributed by atoms with Crippen LogP contribution < -0.4 is 10.1 Å². The molecular formula is C41H49NO. The molecule has 0 saturated carbocycles. The molecule has 1 atom stereocenters. The van der Waals surface area contributed by atoms with Crippen molar-refractivity contribution in [2.24, 2.45) is 0 Å². The Balaban J connectivity index is 1.58. The number of aryl methyl sites for hydroxylation is 2. The van der Waals surface area contributed by atoms with E-state index >= 15 is 0 Å². The van der Waals surface area contributed by atoms with E-state index < -0.39 is 0 Å². The van der Waals surface area contributed by atoms with Gasteiger partial charge in [0.1, 0.15) is 5.75 Å². The number of allylic oxidation sites excluding steroid dienone is 2. The highest BCUT2D eigenvalue weighted by Gasteiger charge is 2.29. The summed E-state index contributed by atoms with van der Waals surface area (Å²) < 4.78 is 5.36. The third-order valence-electron chi connectivity index (χ3n) is 8.53. The number of ether oxygens (including phenoxy) is 1. The van der Waals surface area contributed by atoms with E-state index in [-0.39, 0.29) is 5.54 Å². The first-order valence-corrected chi connectivity index (χ1v) is 16.1. The monoisotopic (exact) mass is 571 g/mol. The second-order valence-corrected chi connectivity index (χ2v) is 11.5. The number of hydrogen-bond donors (Lipinski definition) is 1. The maximum atomic E-state index is 5.36. The summed E-state index contributed by atoms with van der Waals surface area (Å²) in [4.78, 5) is 0. The van der Waals surface area contributed by atoms with Crippen LogP contribution in [0.3, 0.4) is 0 Å². The Labute approximate surface area is 260 Å². The molecule has 1 N–H and O–H groups in total. The van der Waals surface area contributed by atoms with Crippen molar-refractivity contribution in [3.05, 3.63) is 143 Å². The van der Waals surface area contributed by atoms with Crippen LogP contribution in [0.4, 0.5) is 5.69 Å². The van der Waals surface area contributed by atoms with E-state index in [0.717, 1.165) is 43.5 Å². The van der Waals surface area contributed by atoms with Gasteiger partial charge in [0.25, 0.3) is 0 Å². The van der Waals surface area contributed by atoms with E-state index in [0.29, 0.717) is 0 Å². The van der Waals surface area contributed by atoms with Crippen molar-refractivity contribution in [1.29, 1.82) is 0 Å². The van der Waals surface area contributed by atoms with Gasteiger partial charge in [0.05, 0.1) is 12.6 Å². The third kappa shape index (κ3) is 8.51. The van der Waals surface area contributed by atoms with E-state index in [1.165, 1.54) is 51.8 Å². The quantitative estimate of drug-likeness (QED) is 0.143. The molecule has 0 radical (unpaired) electrons. The highest BCUT2D eigenvalue weighted by molar-refractivity contribution is 5.81. The van der Waals surface area contributed by atoms with Crippen LogP contribution in [0.1, 0.15) is 93.2 Å². The Kier molecular flexibility index (Phi) is 11.9. The zero-order valence-corrected chi connectivity index (χ0v) is 26.8. The largest absolute Gasteiger partial charge is 0.497 e. The van der Waals surface area contributed by atoms with Crippen molar-refractivity contribution >= 4 is 17.3 Å². The van der Waals surface area contributed by atoms with Crippen LogP contribution in [0.2, 0.25) is 0 Å². The van der Waals surface area contributed by atoms with Crippen LogP contribution in [-0.2, 0) is 18.4 Å². The highest BCUT2D eigenvalue weighted by atomic mass is 16.5. The molecule has 0 heterocycles. The summed E-state index contributed by atoms with van der Waals surface area (Å²) in [5.41, 5.74) is 10.0. The zero-order valence-electron chi connectivity index (χ0n) is 26.8. The molecule has 4 aromatic rings. The van der Waals surface area contributed by atoms with Gasteiger partial charge in [-0.25, -0.2) is 0 Å². The number of nitrogens with one attached hydrogen (secondary N) is 1. The summed E-state index contributed by atoms with van der Waals surface area (Å²) in [7, 11) is 1.71. The molecule has 0 amide bonds. The van der Waals surface area contributed by atoms with Gasteiger partial charge >= 0.3 is 0 Å². The van der Waals surface area contributed by atoms with Crippen molar-refractivity contribution in [1.82, 2.24) is 0 Å². The minimum atomic E-state index is -0.118. The van der Waals surface area contributed by atoms with Gasteiger partial charge in [0.15, 0.2) is 0 Å². The molecule has 0 aliphatic heterocycles. The standard InChI is InChI=1S/C41H49NO/c1-6-10-12-33-17-23-36(24-18-33)40(35-21-15-32(8-3)16-22-35)14-11-13-34-19-25-37(26-20-34)41(9-4,31-7-2)42-38-27-29-39(43-5)30-28-38/h11,13-30,42H,6-10,12,31H2,1-5H3. The predicted molar refractivity (Wildman–Crippen MR) is 187 cm³/mol. The molecule has 2 heteroatoms. The average Bonchev–Trinajstić information content (AvgIpc) is 3.06. The van der Waals surface area contributed by atoms with E-state index in [4.69, 9.17) is 4.74 Å². The van der Waals surface area contributed by atoms with Gasteiger partial charge in [-0.1, -0.05) is 132 Å². The van der Waals surface area contributed by atoms with Crippen LogP contribution in [0, 0.1) is 0 Å². The second-order valence-electron chi connectivity index (χ2n) is 11.5. The van der Waals surface area contributed by atoms with E-state index in [1.807, 2.05) is 12.1 Å². The first-order chi connectivity index (χ1) is 21.0. The number of benzene rings is 4. The Morgan fingerprint density at radius 2 is 1.35 bits per heavy atom. The third-order valence-corrected chi connectivity index (χ3v) is 8.53. The number of anilines is 1. The SMILES string of the molecule is CCCCc1ccc(C(=CC=Cc2ccc(C(CC)(CCC)Nc3ccc(OC)cc3)cc2)c2ccc(CC)cc2)cc1. The van der Waals surface area contributed by atoms with Crippen molar-refractivity contribution in [2.45, 2.75) is 78.2 Å². The summed E-state index contributed by atoms with van der Waals surface area (Å²) in [6.07, 6.45) is 14.5. The van der Waals surface area contributed by atoms with Gasteiger partial charge in [-0.05, 0) is 95.3 Å². The van der Waals surface area contributed by atoms with E-state index in [1.54, 1.807) is 7.11 Å². The van der Waals surface area contributed by atoms with Gasteiger partial charge in [0.2, 0.25) is 0 Å². The molecule has 0 fully saturated rings. The Bertz CT molecular complexity index is 1440. The molecule has 2 nitrogen and oxygen atoms in total. The van der Waals surface area contributed by atoms with Crippen LogP contribution in [0.25, 0.3) is 11.6 Å². The lowest BCUT2D eigenvalue weighted by Crippen LogP contribution is -2.34. The Hall–Kier alpha value is -4.04. The summed E-state index contributed by atoms with van der Waals surface area (Å²) in [5, 5.41) is 3.86. The fourth-order valence-corrected chi connectivity index (χ4v) is 5.81. The molecule has 4 aromatic carbocycles. The van der Waals surface area contributed by atoms with Crippen LogP contribution in [0.5, 0.6) is 5.75 Å². The van der Waals surface area contributed by atoms with E-state index in [2.05, 4.69) is 136 Å². The van der Waals surface area contributed by atoms with Crippen molar-refractivity contribution in [3.8, 4) is 5.75 Å². The van der Waals surface area contributed by atoms with Crippen molar-refractivity contribution < 1.29 is 4.74 Å². The van der Waals surface area contributed by atoms with Crippen molar-refractivity contribution in [2.75, 3.05) is 12.4 Å². The first kappa shape index (κ1) is 31.9. The topological polar surface area (TPSA) is 21.3 Å². The molecule has 0 aromatic heterocycles. The van der Waals surface area contributed by atoms with Crippen molar-refractivity contribution in [3.63, 3.8) is 0 Å². The molecule has 224 valence electrons. The average molecular weight is 572 g/mol. The fraction of sp³-hybridized carbons (Fsp3) is 0.317. The van der Waals surface area contributed by atoms with E-state index in [9.17, 15) is 0 Å². The smallest absolute Gasteiger partial charge is 0.119 e. The van der Waals surface area contributed by atoms with Crippen LogP contribution in [-0.4, -0.2) is 7.11 Å². The minimum Gasteiger partial charge on any atom is -0.497 e.